The Bertz CT molecular complexity index is 1960. The molecule has 0 fully saturated rings. The first-order valence-corrected chi connectivity index (χ1v) is 11.2. The van der Waals surface area contributed by atoms with Gasteiger partial charge in [-0.15, -0.1) is 11.3 Å². The highest BCUT2D eigenvalue weighted by Gasteiger charge is 2.20. The van der Waals surface area contributed by atoms with Gasteiger partial charge in [-0.3, -0.25) is 23.7 Å². The van der Waals surface area contributed by atoms with Crippen LogP contribution in [0.1, 0.15) is 5.56 Å². The van der Waals surface area contributed by atoms with Crippen LogP contribution in [0.3, 0.4) is 0 Å². The lowest BCUT2D eigenvalue weighted by molar-refractivity contribution is 0.477. The number of hydrogen-bond acceptors (Lipinski definition) is 7. The Morgan fingerprint density at radius 3 is 2.03 bits per heavy atom. The van der Waals surface area contributed by atoms with Gasteiger partial charge in [-0.1, -0.05) is 6.07 Å². The molecular formula is C25H15N3O5S. The molecular weight excluding hydrogens is 454 g/mol. The average molecular weight is 469 g/mol. The number of thiazole rings is 1. The fraction of sp³-hybridized carbons (Fsp3) is 0.0800. The van der Waals surface area contributed by atoms with Gasteiger partial charge >= 0.3 is 0 Å². The number of aryl methyl sites for hydroxylation is 1. The molecule has 9 heteroatoms. The molecule has 0 bridgehead atoms. The van der Waals surface area contributed by atoms with E-state index in [0.29, 0.717) is 10.6 Å². The summed E-state index contributed by atoms with van der Waals surface area (Å²) in [6.07, 6.45) is 0. The molecule has 8 nitrogen and oxygen atoms in total. The minimum atomic E-state index is -0.625. The Kier molecular flexibility index (Phi) is 4.06. The Morgan fingerprint density at radius 2 is 1.41 bits per heavy atom. The summed E-state index contributed by atoms with van der Waals surface area (Å²) in [4.78, 5) is 55.4. The smallest absolute Gasteiger partial charge is 0.266 e. The van der Waals surface area contributed by atoms with Crippen LogP contribution in [-0.4, -0.2) is 19.2 Å². The Balaban J connectivity index is 1.53. The van der Waals surface area contributed by atoms with E-state index in [1.807, 2.05) is 25.1 Å². The third-order valence-electron chi connectivity index (χ3n) is 6.11. The molecule has 34 heavy (non-hydrogen) atoms. The predicted molar refractivity (Wildman–Crippen MR) is 132 cm³/mol. The third-order valence-corrected chi connectivity index (χ3v) is 7.18. The van der Waals surface area contributed by atoms with Gasteiger partial charge in [-0.05, 0) is 48.9 Å². The zero-order chi connectivity index (χ0) is 23.9. The van der Waals surface area contributed by atoms with E-state index in [-0.39, 0.29) is 33.0 Å². The van der Waals surface area contributed by atoms with Gasteiger partial charge in [0.15, 0.2) is 0 Å². The largest absolute Gasteiger partial charge is 0.507 e. The van der Waals surface area contributed by atoms with E-state index in [1.54, 1.807) is 12.1 Å². The van der Waals surface area contributed by atoms with Crippen molar-refractivity contribution in [1.29, 1.82) is 0 Å². The lowest BCUT2D eigenvalue weighted by atomic mass is 10.1. The zero-order valence-electron chi connectivity index (χ0n) is 17.9. The molecule has 0 aliphatic carbocycles. The maximum absolute atomic E-state index is 13.1. The number of aromatic hydroxyl groups is 1. The maximum Gasteiger partial charge on any atom is 0.266 e. The lowest BCUT2D eigenvalue weighted by Gasteiger charge is -2.05. The quantitative estimate of drug-likeness (QED) is 0.417. The number of hydrogen-bond donors (Lipinski definition) is 1. The second-order valence-corrected chi connectivity index (χ2v) is 9.28. The highest BCUT2D eigenvalue weighted by atomic mass is 32.1. The molecule has 0 saturated carbocycles. The fourth-order valence-electron chi connectivity index (χ4n) is 4.32. The van der Waals surface area contributed by atoms with E-state index in [1.165, 1.54) is 36.6 Å². The maximum atomic E-state index is 13.1. The van der Waals surface area contributed by atoms with Gasteiger partial charge in [0.2, 0.25) is 0 Å². The monoisotopic (exact) mass is 469 g/mol. The van der Waals surface area contributed by atoms with E-state index < -0.39 is 22.2 Å². The van der Waals surface area contributed by atoms with Crippen LogP contribution in [0, 0.1) is 6.92 Å². The van der Waals surface area contributed by atoms with Crippen molar-refractivity contribution in [3.05, 3.63) is 95.5 Å². The van der Waals surface area contributed by atoms with Gasteiger partial charge in [-0.25, -0.2) is 9.55 Å². The SMILES string of the molecule is Cc1ccc2sc(-c3ccc(-n4c(=O)c5cc6c(=O)n(C)c(=O)c6cc5c4=O)cc3O)nc2c1. The van der Waals surface area contributed by atoms with Crippen LogP contribution >= 0.6 is 11.3 Å². The first-order chi connectivity index (χ1) is 16.2. The highest BCUT2D eigenvalue weighted by Crippen LogP contribution is 2.36. The van der Waals surface area contributed by atoms with E-state index >= 15 is 0 Å². The van der Waals surface area contributed by atoms with Gasteiger partial charge in [-0.2, -0.15) is 0 Å². The molecule has 0 spiro atoms. The molecule has 6 aromatic rings. The number of fused-ring (bicyclic) bond motifs is 3. The Hall–Kier alpha value is -4.37. The second-order valence-electron chi connectivity index (χ2n) is 8.25. The van der Waals surface area contributed by atoms with E-state index in [4.69, 9.17) is 0 Å². The highest BCUT2D eigenvalue weighted by molar-refractivity contribution is 7.21. The van der Waals surface area contributed by atoms with Crippen molar-refractivity contribution >= 4 is 43.1 Å². The van der Waals surface area contributed by atoms with Crippen LogP contribution in [0.4, 0.5) is 0 Å². The van der Waals surface area contributed by atoms with Crippen molar-refractivity contribution in [2.24, 2.45) is 7.05 Å². The van der Waals surface area contributed by atoms with Crippen molar-refractivity contribution in [2.45, 2.75) is 6.92 Å². The topological polar surface area (TPSA) is 111 Å². The molecule has 166 valence electrons. The number of rotatable bonds is 2. The molecule has 0 amide bonds. The van der Waals surface area contributed by atoms with Crippen molar-refractivity contribution in [3.8, 4) is 22.0 Å². The molecule has 1 N–H and O–H groups in total. The van der Waals surface area contributed by atoms with Crippen LogP contribution < -0.4 is 22.2 Å². The molecule has 3 aromatic heterocycles. The van der Waals surface area contributed by atoms with Crippen molar-refractivity contribution in [2.75, 3.05) is 0 Å². The number of phenolic OH excluding ortho intramolecular Hbond substituents is 1. The molecule has 6 rings (SSSR count). The summed E-state index contributed by atoms with van der Waals surface area (Å²) in [5.74, 6) is -0.126. The Morgan fingerprint density at radius 1 is 0.794 bits per heavy atom. The number of phenols is 1. The van der Waals surface area contributed by atoms with Gasteiger partial charge in [0.1, 0.15) is 10.8 Å². The van der Waals surface area contributed by atoms with Gasteiger partial charge < -0.3 is 5.11 Å². The van der Waals surface area contributed by atoms with E-state index in [9.17, 15) is 24.3 Å². The fourth-order valence-corrected chi connectivity index (χ4v) is 5.30. The van der Waals surface area contributed by atoms with E-state index in [0.717, 1.165) is 24.9 Å². The first kappa shape index (κ1) is 20.3. The van der Waals surface area contributed by atoms with Crippen LogP contribution in [0.2, 0.25) is 0 Å². The van der Waals surface area contributed by atoms with Crippen molar-refractivity contribution in [1.82, 2.24) is 14.1 Å². The van der Waals surface area contributed by atoms with Crippen LogP contribution in [0.5, 0.6) is 5.75 Å². The summed E-state index contributed by atoms with van der Waals surface area (Å²) in [5.41, 5.74) is 0.281. The number of aromatic nitrogens is 3. The number of nitrogens with zero attached hydrogens (tertiary/aromatic N) is 3. The zero-order valence-corrected chi connectivity index (χ0v) is 18.8. The minimum Gasteiger partial charge on any atom is -0.507 e. The molecule has 0 unspecified atom stereocenters. The van der Waals surface area contributed by atoms with Crippen LogP contribution in [-0.2, 0) is 7.05 Å². The normalized spacial score (nSPS) is 11.8. The summed E-state index contributed by atoms with van der Waals surface area (Å²) >= 11 is 1.43. The van der Waals surface area contributed by atoms with Crippen molar-refractivity contribution < 1.29 is 5.11 Å². The second kappa shape index (κ2) is 6.82. The summed E-state index contributed by atoms with van der Waals surface area (Å²) in [5, 5.41) is 11.6. The minimum absolute atomic E-state index is 0.0466. The molecule has 3 heterocycles. The van der Waals surface area contributed by atoms with Gasteiger partial charge in [0.05, 0.1) is 43.0 Å². The van der Waals surface area contributed by atoms with Gasteiger partial charge in [0.25, 0.3) is 22.2 Å². The molecule has 3 aromatic carbocycles. The molecule has 0 aliphatic rings. The Labute approximate surface area is 193 Å². The van der Waals surface area contributed by atoms with Crippen LogP contribution in [0.15, 0.2) is 67.7 Å². The summed E-state index contributed by atoms with van der Waals surface area (Å²) in [6.45, 7) is 1.98. The van der Waals surface area contributed by atoms with E-state index in [2.05, 4.69) is 4.98 Å². The summed E-state index contributed by atoms with van der Waals surface area (Å²) < 4.78 is 2.86. The van der Waals surface area contributed by atoms with Crippen LogP contribution in [0.25, 0.3) is 48.0 Å². The number of benzene rings is 3. The molecule has 0 saturated heterocycles. The average Bonchev–Trinajstić information content (AvgIpc) is 3.40. The summed E-state index contributed by atoms with van der Waals surface area (Å²) in [6, 6.07) is 13.0. The van der Waals surface area contributed by atoms with Gasteiger partial charge in [0, 0.05) is 13.1 Å². The third kappa shape index (κ3) is 2.67. The lowest BCUT2D eigenvalue weighted by Crippen LogP contribution is -2.23. The predicted octanol–water partition coefficient (Wildman–Crippen LogP) is 2.73. The first-order valence-electron chi connectivity index (χ1n) is 10.3. The molecule has 0 radical (unpaired) electrons. The molecule has 0 atom stereocenters. The molecule has 0 aliphatic heterocycles. The summed E-state index contributed by atoms with van der Waals surface area (Å²) in [7, 11) is 1.35. The standard InChI is InChI=1S/C25H15N3O5S/c1-11-3-6-20-18(7-11)26-21(34-20)13-5-4-12(8-19(13)29)28-24(32)16-9-14-15(10-17(16)25(28)33)23(31)27(2)22(14)30/h3-10,29H,1-2H3. The van der Waals surface area contributed by atoms with Crippen molar-refractivity contribution in [3.63, 3.8) is 0 Å².